The van der Waals surface area contributed by atoms with Gasteiger partial charge in [0, 0.05) is 6.92 Å². The van der Waals surface area contributed by atoms with Crippen molar-refractivity contribution < 1.29 is 23.7 Å². The Kier molecular flexibility index (Phi) is 8.69. The summed E-state index contributed by atoms with van der Waals surface area (Å²) in [6.07, 6.45) is -0.457. The zero-order valence-electron chi connectivity index (χ0n) is 14.4. The topological polar surface area (TPSA) is 54.0 Å². The minimum absolute atomic E-state index is 0.130. The molecule has 0 bridgehead atoms. The highest BCUT2D eigenvalue weighted by molar-refractivity contribution is 5.66. The Bertz CT molecular complexity index is 600. The molecule has 2 aromatic rings. The number of carbonyl (C=O) groups is 1. The molecule has 1 atom stereocenters. The Morgan fingerprint density at radius 2 is 1.32 bits per heavy atom. The summed E-state index contributed by atoms with van der Waals surface area (Å²) in [5.41, 5.74) is 2.14. The van der Waals surface area contributed by atoms with Crippen LogP contribution in [0.4, 0.5) is 0 Å². The Hall–Kier alpha value is -2.21. The predicted octanol–water partition coefficient (Wildman–Crippen LogP) is 3.33. The maximum atomic E-state index is 11.2. The van der Waals surface area contributed by atoms with E-state index in [2.05, 4.69) is 0 Å². The number of hydrogen-bond acceptors (Lipinski definition) is 5. The molecule has 2 aromatic carbocycles. The first kappa shape index (κ1) is 19.1. The van der Waals surface area contributed by atoms with Crippen LogP contribution < -0.4 is 0 Å². The average Bonchev–Trinajstić information content (AvgIpc) is 2.62. The quantitative estimate of drug-likeness (QED) is 0.356. The zero-order valence-corrected chi connectivity index (χ0v) is 14.4. The number of hydrogen-bond donors (Lipinski definition) is 0. The molecule has 0 aromatic heterocycles. The normalized spacial score (nSPS) is 11.9. The highest BCUT2D eigenvalue weighted by atomic mass is 16.7. The Balaban J connectivity index is 1.64. The number of carbonyl (C=O) groups excluding carboxylic acids is 1. The molecule has 0 aliphatic carbocycles. The van der Waals surface area contributed by atoms with Crippen molar-refractivity contribution in [1.82, 2.24) is 0 Å². The lowest BCUT2D eigenvalue weighted by atomic mass is 10.2. The minimum atomic E-state index is -0.457. The summed E-state index contributed by atoms with van der Waals surface area (Å²) in [4.78, 5) is 11.2. The maximum Gasteiger partial charge on any atom is 0.303 e. The van der Waals surface area contributed by atoms with Gasteiger partial charge in [0.1, 0.15) is 12.9 Å². The van der Waals surface area contributed by atoms with E-state index in [1.54, 1.807) is 0 Å². The summed E-state index contributed by atoms with van der Waals surface area (Å²) < 4.78 is 21.7. The second kappa shape index (κ2) is 11.4. The molecule has 0 radical (unpaired) electrons. The van der Waals surface area contributed by atoms with Crippen LogP contribution in [0.25, 0.3) is 0 Å². The fraction of sp³-hybridized carbons (Fsp3) is 0.350. The third-order valence-corrected chi connectivity index (χ3v) is 3.33. The smallest absolute Gasteiger partial charge is 0.303 e. The second-order valence-electron chi connectivity index (χ2n) is 5.55. The van der Waals surface area contributed by atoms with Crippen LogP contribution in [0.15, 0.2) is 60.7 Å². The minimum Gasteiger partial charge on any atom is -0.458 e. The maximum absolute atomic E-state index is 11.2. The Morgan fingerprint density at radius 1 is 0.800 bits per heavy atom. The van der Waals surface area contributed by atoms with Gasteiger partial charge in [-0.2, -0.15) is 0 Å². The molecule has 0 fully saturated rings. The third-order valence-electron chi connectivity index (χ3n) is 3.33. The van der Waals surface area contributed by atoms with E-state index in [0.717, 1.165) is 11.1 Å². The molecule has 0 saturated heterocycles. The highest BCUT2D eigenvalue weighted by Crippen LogP contribution is 2.04. The van der Waals surface area contributed by atoms with Gasteiger partial charge in [-0.1, -0.05) is 60.7 Å². The first-order chi connectivity index (χ1) is 12.2. The fourth-order valence-electron chi connectivity index (χ4n) is 2.21. The SMILES string of the molecule is CC(=O)OC(COCOCc1ccccc1)COCc1ccccc1. The van der Waals surface area contributed by atoms with Gasteiger partial charge in [0.15, 0.2) is 0 Å². The van der Waals surface area contributed by atoms with Crippen molar-refractivity contribution in [2.24, 2.45) is 0 Å². The molecule has 0 aliphatic rings. The molecule has 0 spiro atoms. The zero-order chi connectivity index (χ0) is 17.7. The number of rotatable bonds is 11. The summed E-state index contributed by atoms with van der Waals surface area (Å²) >= 11 is 0. The van der Waals surface area contributed by atoms with Crippen LogP contribution in [0.5, 0.6) is 0 Å². The molecular formula is C20H24O5. The van der Waals surface area contributed by atoms with Crippen molar-refractivity contribution in [3.63, 3.8) is 0 Å². The molecule has 134 valence electrons. The van der Waals surface area contributed by atoms with Gasteiger partial charge >= 0.3 is 5.97 Å². The van der Waals surface area contributed by atoms with E-state index < -0.39 is 6.10 Å². The van der Waals surface area contributed by atoms with Crippen LogP contribution in [-0.2, 0) is 37.0 Å². The van der Waals surface area contributed by atoms with E-state index in [1.807, 2.05) is 60.7 Å². The highest BCUT2D eigenvalue weighted by Gasteiger charge is 2.13. The van der Waals surface area contributed by atoms with Crippen LogP contribution in [0.3, 0.4) is 0 Å². The van der Waals surface area contributed by atoms with E-state index in [9.17, 15) is 4.79 Å². The molecule has 0 amide bonds. The summed E-state index contributed by atoms with van der Waals surface area (Å²) in [7, 11) is 0. The molecule has 25 heavy (non-hydrogen) atoms. The van der Waals surface area contributed by atoms with E-state index in [0.29, 0.717) is 13.2 Å². The monoisotopic (exact) mass is 344 g/mol. The molecular weight excluding hydrogens is 320 g/mol. The first-order valence-corrected chi connectivity index (χ1v) is 8.22. The number of esters is 1. The van der Waals surface area contributed by atoms with Gasteiger partial charge in [-0.05, 0) is 11.1 Å². The van der Waals surface area contributed by atoms with Crippen molar-refractivity contribution in [3.05, 3.63) is 71.8 Å². The van der Waals surface area contributed by atoms with Gasteiger partial charge in [-0.3, -0.25) is 4.79 Å². The molecule has 0 saturated carbocycles. The predicted molar refractivity (Wildman–Crippen MR) is 93.7 cm³/mol. The molecule has 5 nitrogen and oxygen atoms in total. The van der Waals surface area contributed by atoms with Gasteiger partial charge in [-0.15, -0.1) is 0 Å². The summed E-state index contributed by atoms with van der Waals surface area (Å²) in [5.74, 6) is -0.359. The van der Waals surface area contributed by atoms with Gasteiger partial charge in [0.25, 0.3) is 0 Å². The fourth-order valence-corrected chi connectivity index (χ4v) is 2.21. The van der Waals surface area contributed by atoms with E-state index >= 15 is 0 Å². The van der Waals surface area contributed by atoms with Crippen molar-refractivity contribution in [3.8, 4) is 0 Å². The number of ether oxygens (including phenoxy) is 4. The van der Waals surface area contributed by atoms with Gasteiger partial charge in [-0.25, -0.2) is 0 Å². The average molecular weight is 344 g/mol. The second-order valence-corrected chi connectivity index (χ2v) is 5.55. The summed E-state index contributed by atoms with van der Waals surface area (Å²) in [5, 5.41) is 0. The van der Waals surface area contributed by atoms with E-state index in [-0.39, 0.29) is 26.0 Å². The lowest BCUT2D eigenvalue weighted by Gasteiger charge is -2.17. The van der Waals surface area contributed by atoms with Gasteiger partial charge in [0.05, 0.1) is 26.4 Å². The molecule has 2 rings (SSSR count). The van der Waals surface area contributed by atoms with Crippen molar-refractivity contribution >= 4 is 5.97 Å². The molecule has 5 heteroatoms. The molecule has 1 unspecified atom stereocenters. The first-order valence-electron chi connectivity index (χ1n) is 8.22. The van der Waals surface area contributed by atoms with E-state index in [4.69, 9.17) is 18.9 Å². The molecule has 0 N–H and O–H groups in total. The lowest BCUT2D eigenvalue weighted by molar-refractivity contribution is -0.158. The molecule has 0 heterocycles. The van der Waals surface area contributed by atoms with Crippen LogP contribution in [0.2, 0.25) is 0 Å². The largest absolute Gasteiger partial charge is 0.458 e. The van der Waals surface area contributed by atoms with Crippen LogP contribution in [0, 0.1) is 0 Å². The summed E-state index contributed by atoms with van der Waals surface area (Å²) in [6, 6.07) is 19.7. The number of benzene rings is 2. The standard InChI is InChI=1S/C20H24O5/c1-17(21)25-20(14-22-12-18-8-4-2-5-9-18)15-24-16-23-13-19-10-6-3-7-11-19/h2-11,20H,12-16H2,1H3. The van der Waals surface area contributed by atoms with Crippen molar-refractivity contribution in [2.45, 2.75) is 26.2 Å². The van der Waals surface area contributed by atoms with Crippen LogP contribution in [0.1, 0.15) is 18.1 Å². The Morgan fingerprint density at radius 3 is 1.88 bits per heavy atom. The van der Waals surface area contributed by atoms with E-state index in [1.165, 1.54) is 6.92 Å². The van der Waals surface area contributed by atoms with Crippen molar-refractivity contribution in [1.29, 1.82) is 0 Å². The van der Waals surface area contributed by atoms with Gasteiger partial charge < -0.3 is 18.9 Å². The van der Waals surface area contributed by atoms with Crippen molar-refractivity contribution in [2.75, 3.05) is 20.0 Å². The van der Waals surface area contributed by atoms with Crippen LogP contribution >= 0.6 is 0 Å². The molecule has 0 aliphatic heterocycles. The third kappa shape index (κ3) is 8.44. The summed E-state index contributed by atoms with van der Waals surface area (Å²) in [6.45, 7) is 2.93. The van der Waals surface area contributed by atoms with Crippen LogP contribution in [-0.4, -0.2) is 32.1 Å². The Labute approximate surface area is 148 Å². The lowest BCUT2D eigenvalue weighted by Crippen LogP contribution is -2.28. The van der Waals surface area contributed by atoms with Gasteiger partial charge in [0.2, 0.25) is 0 Å².